The van der Waals surface area contributed by atoms with E-state index < -0.39 is 17.7 Å². The van der Waals surface area contributed by atoms with Crippen molar-refractivity contribution in [2.24, 2.45) is 0 Å². The van der Waals surface area contributed by atoms with Gasteiger partial charge in [0.05, 0.1) is 38.0 Å². The van der Waals surface area contributed by atoms with Crippen LogP contribution in [0.5, 0.6) is 11.5 Å². The minimum Gasteiger partial charge on any atom is -0.507 e. The van der Waals surface area contributed by atoms with E-state index in [-0.39, 0.29) is 11.3 Å². The number of benzene rings is 2. The van der Waals surface area contributed by atoms with Crippen molar-refractivity contribution >= 4 is 17.4 Å². The molecule has 0 radical (unpaired) electrons. The molecule has 2 heterocycles. The van der Waals surface area contributed by atoms with Crippen molar-refractivity contribution < 1.29 is 28.9 Å². The van der Waals surface area contributed by atoms with Gasteiger partial charge in [0, 0.05) is 31.7 Å². The summed E-state index contributed by atoms with van der Waals surface area (Å²) in [5.74, 6) is 0.0103. The molecule has 1 N–H and O–H groups in total. The van der Waals surface area contributed by atoms with Gasteiger partial charge in [-0.05, 0) is 61.2 Å². The maximum atomic E-state index is 13.4. The summed E-state index contributed by atoms with van der Waals surface area (Å²) >= 11 is 0. The fraction of sp³-hybridized carbons (Fsp3) is 0.484. The van der Waals surface area contributed by atoms with Gasteiger partial charge in [0.15, 0.2) is 0 Å². The number of carbonyl (C=O) groups excluding carboxylic acids is 2. The normalized spacial score (nSPS) is 19.5. The lowest BCUT2D eigenvalue weighted by atomic mass is 9.94. The quantitative estimate of drug-likeness (QED) is 0.182. The minimum atomic E-state index is -0.702. The molecule has 0 spiro atoms. The summed E-state index contributed by atoms with van der Waals surface area (Å²) in [5.41, 5.74) is 2.18. The van der Waals surface area contributed by atoms with Crippen LogP contribution in [0.3, 0.4) is 0 Å². The van der Waals surface area contributed by atoms with Crippen molar-refractivity contribution in [2.75, 3.05) is 52.6 Å². The van der Waals surface area contributed by atoms with Gasteiger partial charge in [-0.25, -0.2) is 0 Å². The molecule has 39 heavy (non-hydrogen) atoms. The molecule has 1 unspecified atom stereocenters. The van der Waals surface area contributed by atoms with Gasteiger partial charge in [-0.15, -0.1) is 0 Å². The molecule has 0 aliphatic carbocycles. The molecular formula is C31H40N2O6. The third-order valence-electron chi connectivity index (χ3n) is 7.17. The molecule has 2 aromatic carbocycles. The number of hydrogen-bond acceptors (Lipinski definition) is 7. The average molecular weight is 537 g/mol. The molecule has 8 nitrogen and oxygen atoms in total. The van der Waals surface area contributed by atoms with Gasteiger partial charge in [0.25, 0.3) is 11.7 Å². The molecular weight excluding hydrogens is 496 g/mol. The number of aliphatic hydroxyl groups is 1. The van der Waals surface area contributed by atoms with Crippen LogP contribution in [0.1, 0.15) is 55.8 Å². The first-order valence-corrected chi connectivity index (χ1v) is 14.0. The Balaban J connectivity index is 1.68. The van der Waals surface area contributed by atoms with E-state index in [4.69, 9.17) is 14.2 Å². The van der Waals surface area contributed by atoms with Crippen molar-refractivity contribution in [1.29, 1.82) is 0 Å². The zero-order valence-corrected chi connectivity index (χ0v) is 23.3. The third-order valence-corrected chi connectivity index (χ3v) is 7.17. The van der Waals surface area contributed by atoms with Gasteiger partial charge >= 0.3 is 0 Å². The van der Waals surface area contributed by atoms with Crippen LogP contribution >= 0.6 is 0 Å². The molecule has 210 valence electrons. The Hall–Kier alpha value is -3.36. The molecule has 2 aliphatic rings. The molecule has 1 atom stereocenters. The van der Waals surface area contributed by atoms with Gasteiger partial charge < -0.3 is 24.2 Å². The second-order valence-electron chi connectivity index (χ2n) is 10.0. The van der Waals surface area contributed by atoms with Crippen LogP contribution in [-0.2, 0) is 14.3 Å². The Labute approximate surface area is 231 Å². The van der Waals surface area contributed by atoms with E-state index in [1.807, 2.05) is 44.2 Å². The van der Waals surface area contributed by atoms with Gasteiger partial charge in [0.1, 0.15) is 17.3 Å². The number of aliphatic hydroxyl groups excluding tert-OH is 1. The fourth-order valence-corrected chi connectivity index (χ4v) is 4.94. The average Bonchev–Trinajstić information content (AvgIpc) is 3.21. The maximum absolute atomic E-state index is 13.4. The van der Waals surface area contributed by atoms with E-state index >= 15 is 0 Å². The van der Waals surface area contributed by atoms with E-state index in [1.54, 1.807) is 17.0 Å². The zero-order chi connectivity index (χ0) is 27.8. The summed E-state index contributed by atoms with van der Waals surface area (Å²) < 4.78 is 17.0. The van der Waals surface area contributed by atoms with E-state index in [0.717, 1.165) is 55.0 Å². The first kappa shape index (κ1) is 28.6. The Morgan fingerprint density at radius 2 is 1.72 bits per heavy atom. The van der Waals surface area contributed by atoms with Crippen molar-refractivity contribution in [2.45, 2.75) is 46.1 Å². The molecule has 0 bridgehead atoms. The molecule has 0 aromatic heterocycles. The first-order chi connectivity index (χ1) is 18.9. The van der Waals surface area contributed by atoms with Crippen LogP contribution in [0.15, 0.2) is 48.0 Å². The summed E-state index contributed by atoms with van der Waals surface area (Å²) in [6, 6.07) is 12.1. The SMILES string of the molecule is CCCCOc1ccc(/C(O)=C2\C(=O)C(=O)N(CCN3CCOCC3)C2c2ccc(OCCC)cc2)cc1C. The van der Waals surface area contributed by atoms with Crippen LogP contribution in [0.2, 0.25) is 0 Å². The number of rotatable bonds is 12. The van der Waals surface area contributed by atoms with Crippen LogP contribution < -0.4 is 9.47 Å². The molecule has 8 heteroatoms. The maximum Gasteiger partial charge on any atom is 0.295 e. The smallest absolute Gasteiger partial charge is 0.295 e. The second-order valence-corrected chi connectivity index (χ2v) is 10.0. The molecule has 0 saturated carbocycles. The molecule has 1 amide bonds. The molecule has 2 saturated heterocycles. The lowest BCUT2D eigenvalue weighted by Crippen LogP contribution is -2.42. The number of amides is 1. The molecule has 2 fully saturated rings. The fourth-order valence-electron chi connectivity index (χ4n) is 4.94. The van der Waals surface area contributed by atoms with Crippen LogP contribution in [0, 0.1) is 6.92 Å². The summed E-state index contributed by atoms with van der Waals surface area (Å²) in [5, 5.41) is 11.5. The number of carbonyl (C=O) groups is 2. The number of hydrogen-bond donors (Lipinski definition) is 1. The standard InChI is InChI=1S/C31H40N2O6/c1-4-6-18-39-26-12-9-24(21-22(26)3)29(34)27-28(23-7-10-25(11-8-23)38-17-5-2)33(31(36)30(27)35)14-13-32-15-19-37-20-16-32/h7-12,21,28,34H,4-6,13-20H2,1-3H3/b29-27+. The van der Waals surface area contributed by atoms with Crippen molar-refractivity contribution in [3.05, 3.63) is 64.7 Å². The summed E-state index contributed by atoms with van der Waals surface area (Å²) in [7, 11) is 0. The van der Waals surface area contributed by atoms with Gasteiger partial charge in [0.2, 0.25) is 0 Å². The number of likely N-dealkylation sites (tertiary alicyclic amines) is 1. The number of ketones is 1. The van der Waals surface area contributed by atoms with E-state index in [1.165, 1.54) is 0 Å². The number of ether oxygens (including phenoxy) is 3. The predicted molar refractivity (Wildman–Crippen MR) is 150 cm³/mol. The Bertz CT molecular complexity index is 1170. The topological polar surface area (TPSA) is 88.5 Å². The number of morpholine rings is 1. The summed E-state index contributed by atoms with van der Waals surface area (Å²) in [4.78, 5) is 30.5. The largest absolute Gasteiger partial charge is 0.507 e. The van der Waals surface area contributed by atoms with Crippen molar-refractivity contribution in [3.8, 4) is 11.5 Å². The summed E-state index contributed by atoms with van der Waals surface area (Å²) in [6.45, 7) is 11.1. The zero-order valence-electron chi connectivity index (χ0n) is 23.3. The van der Waals surface area contributed by atoms with Crippen molar-refractivity contribution in [1.82, 2.24) is 9.80 Å². The van der Waals surface area contributed by atoms with Crippen molar-refractivity contribution in [3.63, 3.8) is 0 Å². The number of Topliss-reactive ketones (excluding diaryl/α,β-unsaturated/α-hetero) is 1. The highest BCUT2D eigenvalue weighted by Crippen LogP contribution is 2.40. The molecule has 2 aromatic rings. The minimum absolute atomic E-state index is 0.100. The lowest BCUT2D eigenvalue weighted by molar-refractivity contribution is -0.140. The van der Waals surface area contributed by atoms with Crippen LogP contribution in [-0.4, -0.2) is 79.2 Å². The highest BCUT2D eigenvalue weighted by Gasteiger charge is 2.46. The second kappa shape index (κ2) is 13.6. The molecule has 4 rings (SSSR count). The lowest BCUT2D eigenvalue weighted by Gasteiger charge is -2.31. The highest BCUT2D eigenvalue weighted by molar-refractivity contribution is 6.46. The van der Waals surface area contributed by atoms with Crippen LogP contribution in [0.4, 0.5) is 0 Å². The number of aryl methyl sites for hydroxylation is 1. The van der Waals surface area contributed by atoms with Gasteiger partial charge in [-0.2, -0.15) is 0 Å². The Kier molecular flexibility index (Phi) is 10.0. The number of unbranched alkanes of at least 4 members (excludes halogenated alkanes) is 1. The Morgan fingerprint density at radius 1 is 0.974 bits per heavy atom. The first-order valence-electron chi connectivity index (χ1n) is 14.0. The Morgan fingerprint density at radius 3 is 2.38 bits per heavy atom. The predicted octanol–water partition coefficient (Wildman–Crippen LogP) is 4.72. The van der Waals surface area contributed by atoms with Gasteiger partial charge in [-0.3, -0.25) is 14.5 Å². The van der Waals surface area contributed by atoms with Crippen LogP contribution in [0.25, 0.3) is 5.76 Å². The van der Waals surface area contributed by atoms with E-state index in [2.05, 4.69) is 11.8 Å². The van der Waals surface area contributed by atoms with E-state index in [0.29, 0.717) is 45.1 Å². The third kappa shape index (κ3) is 6.81. The molecule has 2 aliphatic heterocycles. The van der Waals surface area contributed by atoms with Gasteiger partial charge in [-0.1, -0.05) is 32.4 Å². The summed E-state index contributed by atoms with van der Waals surface area (Å²) in [6.07, 6.45) is 2.89. The number of nitrogens with zero attached hydrogens (tertiary/aromatic N) is 2. The monoisotopic (exact) mass is 536 g/mol. The highest BCUT2D eigenvalue weighted by atomic mass is 16.5. The van der Waals surface area contributed by atoms with E-state index in [9.17, 15) is 14.7 Å².